The molecule has 0 spiro atoms. The Balaban J connectivity index is 2.41. The second-order valence-corrected chi connectivity index (χ2v) is 2.93. The number of rotatable bonds is 1. The average molecular weight is 174 g/mol. The fourth-order valence-corrected chi connectivity index (χ4v) is 1.21. The summed E-state index contributed by atoms with van der Waals surface area (Å²) in [6.45, 7) is 1.91. The molecule has 2 N–H and O–H groups in total. The Morgan fingerprint density at radius 2 is 1.92 bits per heavy atom. The summed E-state index contributed by atoms with van der Waals surface area (Å²) in [6.07, 6.45) is 1.78. The first-order chi connectivity index (χ1) is 6.25. The number of hydrogen-bond donors (Lipinski definition) is 2. The Morgan fingerprint density at radius 1 is 1.23 bits per heavy atom. The lowest BCUT2D eigenvalue weighted by Gasteiger charge is -1.96. The van der Waals surface area contributed by atoms with Crippen molar-refractivity contribution < 1.29 is 5.11 Å². The summed E-state index contributed by atoms with van der Waals surface area (Å²) in [4.78, 5) is 7.22. The second kappa shape index (κ2) is 2.94. The van der Waals surface area contributed by atoms with Crippen molar-refractivity contribution >= 4 is 0 Å². The number of phenols is 1. The number of aryl methyl sites for hydroxylation is 1. The van der Waals surface area contributed by atoms with Crippen molar-refractivity contribution in [2.24, 2.45) is 0 Å². The minimum Gasteiger partial charge on any atom is -0.508 e. The van der Waals surface area contributed by atoms with Gasteiger partial charge in [0.25, 0.3) is 0 Å². The molecule has 1 aromatic carbocycles. The van der Waals surface area contributed by atoms with Gasteiger partial charge in [-0.2, -0.15) is 0 Å². The quantitative estimate of drug-likeness (QED) is 0.695. The predicted molar refractivity (Wildman–Crippen MR) is 50.4 cm³/mol. The molecule has 1 heterocycles. The van der Waals surface area contributed by atoms with Crippen molar-refractivity contribution in [2.75, 3.05) is 0 Å². The van der Waals surface area contributed by atoms with E-state index in [1.165, 1.54) is 0 Å². The van der Waals surface area contributed by atoms with Crippen molar-refractivity contribution in [3.63, 3.8) is 0 Å². The van der Waals surface area contributed by atoms with Gasteiger partial charge < -0.3 is 10.1 Å². The van der Waals surface area contributed by atoms with E-state index in [0.717, 1.165) is 17.1 Å². The summed E-state index contributed by atoms with van der Waals surface area (Å²) >= 11 is 0. The lowest BCUT2D eigenvalue weighted by Crippen LogP contribution is -1.76. The van der Waals surface area contributed by atoms with Gasteiger partial charge in [-0.25, -0.2) is 4.98 Å². The number of aromatic amines is 1. The minimum atomic E-state index is 0.278. The maximum Gasteiger partial charge on any atom is 0.115 e. The van der Waals surface area contributed by atoms with Crippen LogP contribution in [0.15, 0.2) is 30.5 Å². The highest BCUT2D eigenvalue weighted by molar-refractivity contribution is 5.59. The number of aromatic hydroxyl groups is 1. The molecular weight excluding hydrogens is 164 g/mol. The molecule has 13 heavy (non-hydrogen) atoms. The highest BCUT2D eigenvalue weighted by Crippen LogP contribution is 2.19. The number of imidazole rings is 1. The van der Waals surface area contributed by atoms with Gasteiger partial charge in [-0.05, 0) is 36.8 Å². The molecule has 0 aliphatic rings. The van der Waals surface area contributed by atoms with Crippen LogP contribution >= 0.6 is 0 Å². The zero-order valence-electron chi connectivity index (χ0n) is 7.28. The van der Waals surface area contributed by atoms with E-state index in [1.807, 2.05) is 19.1 Å². The van der Waals surface area contributed by atoms with Gasteiger partial charge in [-0.1, -0.05) is 0 Å². The third-order valence-corrected chi connectivity index (χ3v) is 1.88. The van der Waals surface area contributed by atoms with Gasteiger partial charge in [-0.15, -0.1) is 0 Å². The first-order valence-corrected chi connectivity index (χ1v) is 4.07. The second-order valence-electron chi connectivity index (χ2n) is 2.93. The predicted octanol–water partition coefficient (Wildman–Crippen LogP) is 2.09. The van der Waals surface area contributed by atoms with Crippen LogP contribution in [0, 0.1) is 6.92 Å². The van der Waals surface area contributed by atoms with Gasteiger partial charge >= 0.3 is 0 Å². The molecule has 0 saturated heterocycles. The highest BCUT2D eigenvalue weighted by atomic mass is 16.3. The third kappa shape index (κ3) is 1.54. The van der Waals surface area contributed by atoms with Gasteiger partial charge in [0.1, 0.15) is 11.6 Å². The lowest BCUT2D eigenvalue weighted by molar-refractivity contribution is 0.475. The summed E-state index contributed by atoms with van der Waals surface area (Å²) in [6, 6.07) is 7.02. The molecule has 0 bridgehead atoms. The molecule has 0 amide bonds. The smallest absolute Gasteiger partial charge is 0.115 e. The van der Waals surface area contributed by atoms with E-state index in [4.69, 9.17) is 5.11 Å². The summed E-state index contributed by atoms with van der Waals surface area (Å²) in [5, 5.41) is 9.08. The van der Waals surface area contributed by atoms with Crippen LogP contribution in [0.5, 0.6) is 5.75 Å². The summed E-state index contributed by atoms with van der Waals surface area (Å²) in [7, 11) is 0. The van der Waals surface area contributed by atoms with E-state index in [2.05, 4.69) is 9.97 Å². The van der Waals surface area contributed by atoms with Crippen LogP contribution in [-0.4, -0.2) is 15.1 Å². The largest absolute Gasteiger partial charge is 0.508 e. The van der Waals surface area contributed by atoms with E-state index >= 15 is 0 Å². The van der Waals surface area contributed by atoms with Crippen LogP contribution in [0.3, 0.4) is 0 Å². The highest BCUT2D eigenvalue weighted by Gasteiger charge is 1.99. The number of phenolic OH excluding ortho intramolecular Hbond substituents is 1. The Morgan fingerprint density at radius 3 is 2.46 bits per heavy atom. The first-order valence-electron chi connectivity index (χ1n) is 4.07. The zero-order chi connectivity index (χ0) is 9.26. The molecule has 2 aromatic rings. The molecule has 0 unspecified atom stereocenters. The van der Waals surface area contributed by atoms with Gasteiger partial charge in [0.15, 0.2) is 0 Å². The molecule has 1 aromatic heterocycles. The van der Waals surface area contributed by atoms with Crippen LogP contribution in [0.2, 0.25) is 0 Å². The standard InChI is InChI=1S/C10H10N2O/c1-7-11-6-10(12-7)8-2-4-9(13)5-3-8/h2-6,13H,1H3,(H,11,12). The summed E-state index contributed by atoms with van der Waals surface area (Å²) < 4.78 is 0. The van der Waals surface area contributed by atoms with Crippen molar-refractivity contribution in [3.05, 3.63) is 36.3 Å². The van der Waals surface area contributed by atoms with Gasteiger partial charge in [0, 0.05) is 0 Å². The number of H-pyrrole nitrogens is 1. The Kier molecular flexibility index (Phi) is 1.77. The van der Waals surface area contributed by atoms with Crippen LogP contribution < -0.4 is 0 Å². The topological polar surface area (TPSA) is 48.9 Å². The Bertz CT molecular complexity index is 403. The molecular formula is C10H10N2O. The molecule has 0 fully saturated rings. The first kappa shape index (κ1) is 7.86. The molecule has 0 aliphatic heterocycles. The molecule has 0 atom stereocenters. The van der Waals surface area contributed by atoms with E-state index < -0.39 is 0 Å². The molecule has 3 heteroatoms. The maximum absolute atomic E-state index is 9.08. The molecule has 2 rings (SSSR count). The number of nitrogens with zero attached hydrogens (tertiary/aromatic N) is 1. The molecule has 0 radical (unpaired) electrons. The molecule has 0 aliphatic carbocycles. The summed E-state index contributed by atoms with van der Waals surface area (Å²) in [5.74, 6) is 1.17. The lowest BCUT2D eigenvalue weighted by atomic mass is 10.2. The normalized spacial score (nSPS) is 10.2. The van der Waals surface area contributed by atoms with Crippen molar-refractivity contribution in [1.29, 1.82) is 0 Å². The van der Waals surface area contributed by atoms with Crippen molar-refractivity contribution in [1.82, 2.24) is 9.97 Å². The van der Waals surface area contributed by atoms with Gasteiger partial charge in [0.05, 0.1) is 11.9 Å². The van der Waals surface area contributed by atoms with Crippen LogP contribution in [0.1, 0.15) is 5.82 Å². The molecule has 66 valence electrons. The zero-order valence-corrected chi connectivity index (χ0v) is 7.28. The number of benzene rings is 1. The maximum atomic E-state index is 9.08. The van der Waals surface area contributed by atoms with E-state index in [1.54, 1.807) is 18.3 Å². The minimum absolute atomic E-state index is 0.278. The van der Waals surface area contributed by atoms with Gasteiger partial charge in [-0.3, -0.25) is 0 Å². The SMILES string of the molecule is Cc1ncc(-c2ccc(O)cc2)[nH]1. The Labute approximate surface area is 76.1 Å². The molecule has 3 nitrogen and oxygen atoms in total. The van der Waals surface area contributed by atoms with Crippen molar-refractivity contribution in [3.8, 4) is 17.0 Å². The third-order valence-electron chi connectivity index (χ3n) is 1.88. The fourth-order valence-electron chi connectivity index (χ4n) is 1.21. The van der Waals surface area contributed by atoms with Gasteiger partial charge in [0.2, 0.25) is 0 Å². The number of hydrogen-bond acceptors (Lipinski definition) is 2. The summed E-state index contributed by atoms with van der Waals surface area (Å²) in [5.41, 5.74) is 2.00. The van der Waals surface area contributed by atoms with Crippen molar-refractivity contribution in [2.45, 2.75) is 6.92 Å². The van der Waals surface area contributed by atoms with Crippen LogP contribution in [-0.2, 0) is 0 Å². The van der Waals surface area contributed by atoms with E-state index in [-0.39, 0.29) is 5.75 Å². The Hall–Kier alpha value is -1.77. The number of aromatic nitrogens is 2. The van der Waals surface area contributed by atoms with Crippen LogP contribution in [0.4, 0.5) is 0 Å². The monoisotopic (exact) mass is 174 g/mol. The fraction of sp³-hybridized carbons (Fsp3) is 0.100. The molecule has 0 saturated carbocycles. The van der Waals surface area contributed by atoms with E-state index in [9.17, 15) is 0 Å². The van der Waals surface area contributed by atoms with E-state index in [0.29, 0.717) is 0 Å². The average Bonchev–Trinajstić information content (AvgIpc) is 2.53. The number of nitrogens with one attached hydrogen (secondary N) is 1. The van der Waals surface area contributed by atoms with Crippen LogP contribution in [0.25, 0.3) is 11.3 Å².